The first-order chi connectivity index (χ1) is 8.13. The maximum atomic E-state index is 12.3. The van der Waals surface area contributed by atoms with E-state index in [0.29, 0.717) is 12.5 Å². The van der Waals surface area contributed by atoms with Crippen LogP contribution in [-0.4, -0.2) is 54.5 Å². The molecule has 1 heterocycles. The summed E-state index contributed by atoms with van der Waals surface area (Å²) in [7, 11) is 0. The van der Waals surface area contributed by atoms with Crippen LogP contribution in [0.15, 0.2) is 0 Å². The second-order valence-electron chi connectivity index (χ2n) is 5.68. The van der Waals surface area contributed by atoms with Gasteiger partial charge in [-0.3, -0.25) is 9.69 Å². The lowest BCUT2D eigenvalue weighted by Crippen LogP contribution is -2.52. The molecule has 0 aromatic heterocycles. The number of carbonyl (C=O) groups is 1. The van der Waals surface area contributed by atoms with E-state index in [4.69, 9.17) is 5.73 Å². The third kappa shape index (κ3) is 2.99. The van der Waals surface area contributed by atoms with Crippen LogP contribution in [0.2, 0.25) is 0 Å². The molecule has 1 saturated carbocycles. The topological polar surface area (TPSA) is 49.6 Å². The van der Waals surface area contributed by atoms with Crippen LogP contribution in [0.25, 0.3) is 0 Å². The molecule has 1 amide bonds. The van der Waals surface area contributed by atoms with Gasteiger partial charge in [-0.05, 0) is 18.8 Å². The maximum absolute atomic E-state index is 12.3. The van der Waals surface area contributed by atoms with Crippen LogP contribution >= 0.6 is 0 Å². The van der Waals surface area contributed by atoms with Crippen LogP contribution in [0, 0.1) is 11.8 Å². The van der Waals surface area contributed by atoms with Gasteiger partial charge in [-0.25, -0.2) is 0 Å². The fourth-order valence-electron chi connectivity index (χ4n) is 2.64. The van der Waals surface area contributed by atoms with Gasteiger partial charge in [0.05, 0.1) is 5.92 Å². The first kappa shape index (κ1) is 12.8. The highest BCUT2D eigenvalue weighted by Gasteiger charge is 2.34. The van der Waals surface area contributed by atoms with Crippen molar-refractivity contribution in [3.8, 4) is 0 Å². The van der Waals surface area contributed by atoms with Gasteiger partial charge in [0, 0.05) is 38.8 Å². The summed E-state index contributed by atoms with van der Waals surface area (Å²) < 4.78 is 0. The Balaban J connectivity index is 1.84. The summed E-state index contributed by atoms with van der Waals surface area (Å²) in [4.78, 5) is 16.8. The van der Waals surface area contributed by atoms with Crippen molar-refractivity contribution in [2.24, 2.45) is 17.6 Å². The monoisotopic (exact) mass is 239 g/mol. The molecule has 98 valence electrons. The average molecular weight is 239 g/mol. The molecule has 1 atom stereocenters. The van der Waals surface area contributed by atoms with Crippen molar-refractivity contribution in [1.29, 1.82) is 0 Å². The smallest absolute Gasteiger partial charge is 0.227 e. The molecule has 2 fully saturated rings. The molecule has 2 N–H and O–H groups in total. The van der Waals surface area contributed by atoms with Gasteiger partial charge in [-0.1, -0.05) is 13.8 Å². The van der Waals surface area contributed by atoms with Crippen molar-refractivity contribution in [2.45, 2.75) is 32.7 Å². The van der Waals surface area contributed by atoms with Gasteiger partial charge in [0.25, 0.3) is 0 Å². The van der Waals surface area contributed by atoms with E-state index in [1.54, 1.807) is 0 Å². The van der Waals surface area contributed by atoms with Crippen LogP contribution in [0.3, 0.4) is 0 Å². The van der Waals surface area contributed by atoms with Gasteiger partial charge in [-0.15, -0.1) is 0 Å². The zero-order valence-electron chi connectivity index (χ0n) is 11.1. The molecule has 1 aliphatic heterocycles. The third-order valence-electron chi connectivity index (χ3n) is 4.07. The highest BCUT2D eigenvalue weighted by molar-refractivity contribution is 5.79. The predicted molar refractivity (Wildman–Crippen MR) is 68.6 cm³/mol. The summed E-state index contributed by atoms with van der Waals surface area (Å²) in [5, 5.41) is 0. The first-order valence-corrected chi connectivity index (χ1v) is 6.86. The summed E-state index contributed by atoms with van der Waals surface area (Å²) in [6.07, 6.45) is 2.71. The molecule has 4 heteroatoms. The summed E-state index contributed by atoms with van der Waals surface area (Å²) in [5.74, 6) is 0.606. The Morgan fingerprint density at radius 1 is 1.24 bits per heavy atom. The Morgan fingerprint density at radius 2 is 1.82 bits per heavy atom. The van der Waals surface area contributed by atoms with Crippen LogP contribution in [0.1, 0.15) is 26.7 Å². The normalized spacial score (nSPS) is 24.1. The molecular weight excluding hydrogens is 214 g/mol. The van der Waals surface area contributed by atoms with E-state index in [-0.39, 0.29) is 11.8 Å². The van der Waals surface area contributed by atoms with Crippen LogP contribution in [0.4, 0.5) is 0 Å². The molecule has 1 aliphatic carbocycles. The standard InChI is InChI=1S/C13H25N3O/c1-10(2)12(9-14)13(17)16-7-5-15(6-8-16)11-3-4-11/h10-12H,3-9,14H2,1-2H3. The van der Waals surface area contributed by atoms with E-state index in [0.717, 1.165) is 32.2 Å². The lowest BCUT2D eigenvalue weighted by Gasteiger charge is -2.37. The van der Waals surface area contributed by atoms with Crippen molar-refractivity contribution in [2.75, 3.05) is 32.7 Å². The van der Waals surface area contributed by atoms with Crippen LogP contribution in [0.5, 0.6) is 0 Å². The van der Waals surface area contributed by atoms with Crippen molar-refractivity contribution < 1.29 is 4.79 Å². The van der Waals surface area contributed by atoms with E-state index in [1.807, 2.05) is 4.90 Å². The van der Waals surface area contributed by atoms with E-state index in [9.17, 15) is 4.79 Å². The number of carbonyl (C=O) groups excluding carboxylic acids is 1. The SMILES string of the molecule is CC(C)C(CN)C(=O)N1CCN(C2CC2)CC1. The number of rotatable bonds is 4. The van der Waals surface area contributed by atoms with Crippen molar-refractivity contribution >= 4 is 5.91 Å². The Morgan fingerprint density at radius 3 is 2.24 bits per heavy atom. The number of nitrogens with two attached hydrogens (primary N) is 1. The largest absolute Gasteiger partial charge is 0.340 e. The fraction of sp³-hybridized carbons (Fsp3) is 0.923. The molecule has 0 aromatic rings. The lowest BCUT2D eigenvalue weighted by atomic mass is 9.94. The second kappa shape index (κ2) is 5.36. The Hall–Kier alpha value is -0.610. The third-order valence-corrected chi connectivity index (χ3v) is 4.07. The van der Waals surface area contributed by atoms with Crippen molar-refractivity contribution in [1.82, 2.24) is 9.80 Å². The van der Waals surface area contributed by atoms with Gasteiger partial charge in [0.1, 0.15) is 0 Å². The molecule has 2 rings (SSSR count). The molecule has 17 heavy (non-hydrogen) atoms. The van der Waals surface area contributed by atoms with Gasteiger partial charge >= 0.3 is 0 Å². The van der Waals surface area contributed by atoms with Crippen molar-refractivity contribution in [3.63, 3.8) is 0 Å². The highest BCUT2D eigenvalue weighted by atomic mass is 16.2. The van der Waals surface area contributed by atoms with Crippen molar-refractivity contribution in [3.05, 3.63) is 0 Å². The quantitative estimate of drug-likeness (QED) is 0.778. The molecule has 2 aliphatic rings. The molecule has 1 saturated heterocycles. The number of hydrogen-bond acceptors (Lipinski definition) is 3. The van der Waals surface area contributed by atoms with Gasteiger partial charge in [0.2, 0.25) is 5.91 Å². The molecule has 4 nitrogen and oxygen atoms in total. The molecule has 0 bridgehead atoms. The fourth-order valence-corrected chi connectivity index (χ4v) is 2.64. The van der Waals surface area contributed by atoms with E-state index >= 15 is 0 Å². The summed E-state index contributed by atoms with van der Waals surface area (Å²) in [6.45, 7) is 8.50. The molecule has 1 unspecified atom stereocenters. The second-order valence-corrected chi connectivity index (χ2v) is 5.68. The van der Waals surface area contributed by atoms with Crippen LogP contribution in [-0.2, 0) is 4.79 Å². The predicted octanol–water partition coefficient (Wildman–Crippen LogP) is 0.524. The average Bonchev–Trinajstić information content (AvgIpc) is 3.13. The van der Waals surface area contributed by atoms with E-state index < -0.39 is 0 Å². The van der Waals surface area contributed by atoms with Crippen LogP contribution < -0.4 is 5.73 Å². The zero-order valence-corrected chi connectivity index (χ0v) is 11.1. The molecular formula is C13H25N3O. The maximum Gasteiger partial charge on any atom is 0.227 e. The van der Waals surface area contributed by atoms with E-state index in [2.05, 4.69) is 18.7 Å². The summed E-state index contributed by atoms with van der Waals surface area (Å²) >= 11 is 0. The summed E-state index contributed by atoms with van der Waals surface area (Å²) in [5.41, 5.74) is 5.71. The zero-order chi connectivity index (χ0) is 12.4. The number of piperazine rings is 1. The number of amides is 1. The minimum atomic E-state index is 0.00229. The number of hydrogen-bond donors (Lipinski definition) is 1. The minimum Gasteiger partial charge on any atom is -0.340 e. The Bertz CT molecular complexity index is 268. The van der Waals surface area contributed by atoms with Gasteiger partial charge < -0.3 is 10.6 Å². The Labute approximate surface area is 104 Å². The lowest BCUT2D eigenvalue weighted by molar-refractivity contribution is -0.138. The van der Waals surface area contributed by atoms with Gasteiger partial charge in [-0.2, -0.15) is 0 Å². The molecule has 0 spiro atoms. The van der Waals surface area contributed by atoms with Gasteiger partial charge in [0.15, 0.2) is 0 Å². The molecule has 0 aromatic carbocycles. The first-order valence-electron chi connectivity index (χ1n) is 6.86. The molecule has 0 radical (unpaired) electrons. The summed E-state index contributed by atoms with van der Waals surface area (Å²) in [6, 6.07) is 0.822. The van der Waals surface area contributed by atoms with E-state index in [1.165, 1.54) is 12.8 Å². The minimum absolute atomic E-state index is 0.00229. The highest BCUT2D eigenvalue weighted by Crippen LogP contribution is 2.27. The number of nitrogens with zero attached hydrogens (tertiary/aromatic N) is 2. The Kier molecular flexibility index (Phi) is 4.05.